The van der Waals surface area contributed by atoms with Gasteiger partial charge in [0.25, 0.3) is 0 Å². The van der Waals surface area contributed by atoms with Gasteiger partial charge < -0.3 is 21.1 Å². The summed E-state index contributed by atoms with van der Waals surface area (Å²) in [6.45, 7) is 4.11. The third-order valence-electron chi connectivity index (χ3n) is 10.6. The van der Waals surface area contributed by atoms with Gasteiger partial charge in [0, 0.05) is 13.0 Å². The lowest BCUT2D eigenvalue weighted by molar-refractivity contribution is -0.123. The number of aliphatic hydroxyl groups excluding tert-OH is 1. The lowest BCUT2D eigenvalue weighted by Gasteiger charge is -2.23. The molecule has 0 fully saturated rings. The zero-order chi connectivity index (χ0) is 42.5. The molecule has 1 amide bonds. The lowest BCUT2D eigenvalue weighted by atomic mass is 10.0. The molecule has 9 heteroatoms. The fraction of sp³-hybridized carbons (Fsp3) is 0.816. The molecule has 0 rings (SSSR count). The second-order valence-electron chi connectivity index (χ2n) is 16.3. The zero-order valence-corrected chi connectivity index (χ0v) is 38.7. The molecule has 58 heavy (non-hydrogen) atoms. The number of amides is 1. The smallest absolute Gasteiger partial charge is 0.387 e. The SMILES string of the molecule is CCCCCCCC/C=C\CCCCCCCCCCCC(=O)NC(COP(=O)(O)OCCN)C(O)/C=C/CC/C=C/CC/C=C/CCCCCCCCCCCC. The lowest BCUT2D eigenvalue weighted by Crippen LogP contribution is -2.45. The predicted octanol–water partition coefficient (Wildman–Crippen LogP) is 14.1. The van der Waals surface area contributed by atoms with Gasteiger partial charge in [-0.3, -0.25) is 13.8 Å². The molecule has 0 radical (unpaired) electrons. The number of aliphatic hydroxyl groups is 1. The number of phosphoric ester groups is 1. The van der Waals surface area contributed by atoms with Crippen LogP contribution in [0.4, 0.5) is 0 Å². The summed E-state index contributed by atoms with van der Waals surface area (Å²) in [5.74, 6) is -0.210. The molecule has 0 bridgehead atoms. The number of unbranched alkanes of at least 4 members (excludes halogenated alkanes) is 27. The van der Waals surface area contributed by atoms with Gasteiger partial charge in [-0.2, -0.15) is 0 Å². The monoisotopic (exact) mass is 837 g/mol. The molecule has 0 saturated carbocycles. The first kappa shape index (κ1) is 56.5. The Balaban J connectivity index is 4.22. The number of nitrogens with two attached hydrogens (primary N) is 1. The van der Waals surface area contributed by atoms with Crippen LogP contribution in [0.15, 0.2) is 48.6 Å². The molecule has 0 saturated heterocycles. The van der Waals surface area contributed by atoms with Crippen molar-refractivity contribution in [2.45, 2.75) is 238 Å². The van der Waals surface area contributed by atoms with Crippen LogP contribution >= 0.6 is 7.82 Å². The molecular formula is C49H93N2O6P. The highest BCUT2D eigenvalue weighted by Crippen LogP contribution is 2.43. The maximum absolute atomic E-state index is 12.8. The standard InChI is InChI=1S/C49H93N2O6P/c1-3-5-7-9-11-13-15-17-19-21-23-25-26-28-30-32-34-36-38-40-42-48(52)47(46-57-58(54,55)56-45-44-50)51-49(53)43-41-39-37-35-33-31-29-27-24-22-20-18-16-14-12-10-8-6-4-2/h18,20,25-26,32,34,40,42,47-48,52H,3-17,19,21-24,27-31,33,35-39,41,43-46,50H2,1-2H3,(H,51,53)(H,54,55)/b20-18-,26-25+,34-32+,42-40+. The minimum absolute atomic E-state index is 0.0707. The first-order chi connectivity index (χ1) is 28.4. The van der Waals surface area contributed by atoms with Crippen molar-refractivity contribution in [1.82, 2.24) is 5.32 Å². The van der Waals surface area contributed by atoms with Gasteiger partial charge in [-0.05, 0) is 70.6 Å². The number of hydrogen-bond donors (Lipinski definition) is 4. The zero-order valence-electron chi connectivity index (χ0n) is 37.8. The van der Waals surface area contributed by atoms with Crippen molar-refractivity contribution in [3.8, 4) is 0 Å². The van der Waals surface area contributed by atoms with E-state index in [2.05, 4.69) is 55.6 Å². The van der Waals surface area contributed by atoms with Gasteiger partial charge in [0.1, 0.15) is 0 Å². The second kappa shape index (κ2) is 45.0. The molecule has 0 aliphatic heterocycles. The topological polar surface area (TPSA) is 131 Å². The number of hydrogen-bond acceptors (Lipinski definition) is 6. The largest absolute Gasteiger partial charge is 0.472 e. The van der Waals surface area contributed by atoms with Crippen LogP contribution < -0.4 is 11.1 Å². The van der Waals surface area contributed by atoms with E-state index in [1.54, 1.807) is 6.08 Å². The van der Waals surface area contributed by atoms with Gasteiger partial charge in [-0.15, -0.1) is 0 Å². The van der Waals surface area contributed by atoms with Crippen LogP contribution in [0.1, 0.15) is 226 Å². The minimum Gasteiger partial charge on any atom is -0.387 e. The van der Waals surface area contributed by atoms with E-state index >= 15 is 0 Å². The highest BCUT2D eigenvalue weighted by atomic mass is 31.2. The molecule has 0 aromatic rings. The van der Waals surface area contributed by atoms with Gasteiger partial charge in [-0.25, -0.2) is 4.57 Å². The van der Waals surface area contributed by atoms with E-state index in [0.717, 1.165) is 44.9 Å². The van der Waals surface area contributed by atoms with E-state index in [1.807, 2.05) is 6.08 Å². The van der Waals surface area contributed by atoms with Gasteiger partial charge in [0.2, 0.25) is 5.91 Å². The van der Waals surface area contributed by atoms with Crippen molar-refractivity contribution in [3.63, 3.8) is 0 Å². The Bertz CT molecular complexity index is 1050. The Morgan fingerprint density at radius 1 is 0.552 bits per heavy atom. The molecule has 0 aliphatic carbocycles. The highest BCUT2D eigenvalue weighted by Gasteiger charge is 2.26. The summed E-state index contributed by atoms with van der Waals surface area (Å²) in [4.78, 5) is 22.8. The van der Waals surface area contributed by atoms with E-state index in [9.17, 15) is 19.4 Å². The summed E-state index contributed by atoms with van der Waals surface area (Å²) >= 11 is 0. The maximum Gasteiger partial charge on any atom is 0.472 e. The fourth-order valence-corrected chi connectivity index (χ4v) is 7.68. The Kier molecular flexibility index (Phi) is 43.8. The van der Waals surface area contributed by atoms with Crippen LogP contribution in [0.25, 0.3) is 0 Å². The summed E-state index contributed by atoms with van der Waals surface area (Å²) in [6.07, 6.45) is 56.0. The quantitative estimate of drug-likeness (QED) is 0.0273. The third kappa shape index (κ3) is 42.6. The predicted molar refractivity (Wildman–Crippen MR) is 249 cm³/mol. The van der Waals surface area contributed by atoms with Crippen LogP contribution in [-0.4, -0.2) is 47.8 Å². The molecule has 5 N–H and O–H groups in total. The Hall–Kier alpha value is -1.54. The van der Waals surface area contributed by atoms with Gasteiger partial charge >= 0.3 is 7.82 Å². The van der Waals surface area contributed by atoms with Crippen LogP contribution in [0, 0.1) is 0 Å². The second-order valence-corrected chi connectivity index (χ2v) is 17.7. The Labute approximate surface area is 358 Å². The van der Waals surface area contributed by atoms with Gasteiger partial charge in [-0.1, -0.05) is 197 Å². The molecule has 0 aromatic heterocycles. The molecule has 3 unspecified atom stereocenters. The molecular weight excluding hydrogens is 744 g/mol. The number of carbonyl (C=O) groups is 1. The third-order valence-corrected chi connectivity index (χ3v) is 11.6. The molecule has 0 spiro atoms. The van der Waals surface area contributed by atoms with Crippen molar-refractivity contribution in [2.24, 2.45) is 5.73 Å². The van der Waals surface area contributed by atoms with E-state index in [1.165, 1.54) is 161 Å². The average Bonchev–Trinajstić information content (AvgIpc) is 3.21. The fourth-order valence-electron chi connectivity index (χ4n) is 6.92. The summed E-state index contributed by atoms with van der Waals surface area (Å²) in [5, 5.41) is 13.7. The highest BCUT2D eigenvalue weighted by molar-refractivity contribution is 7.47. The molecule has 8 nitrogen and oxygen atoms in total. The normalized spacial score (nSPS) is 14.4. The molecule has 0 aromatic carbocycles. The van der Waals surface area contributed by atoms with E-state index in [0.29, 0.717) is 6.42 Å². The van der Waals surface area contributed by atoms with Crippen LogP contribution in [0.2, 0.25) is 0 Å². The van der Waals surface area contributed by atoms with Crippen LogP contribution in [-0.2, 0) is 18.4 Å². The van der Waals surface area contributed by atoms with Crippen molar-refractivity contribution >= 4 is 13.7 Å². The van der Waals surface area contributed by atoms with Crippen LogP contribution in [0.3, 0.4) is 0 Å². The van der Waals surface area contributed by atoms with Crippen molar-refractivity contribution < 1.29 is 28.4 Å². The minimum atomic E-state index is -4.36. The van der Waals surface area contributed by atoms with E-state index in [-0.39, 0.29) is 25.7 Å². The first-order valence-corrected chi connectivity index (χ1v) is 25.8. The van der Waals surface area contributed by atoms with Crippen molar-refractivity contribution in [3.05, 3.63) is 48.6 Å². The number of nitrogens with one attached hydrogen (secondary N) is 1. The molecule has 3 atom stereocenters. The van der Waals surface area contributed by atoms with E-state index in [4.69, 9.17) is 14.8 Å². The summed E-state index contributed by atoms with van der Waals surface area (Å²) in [7, 11) is -4.36. The van der Waals surface area contributed by atoms with Gasteiger partial charge in [0.05, 0.1) is 25.4 Å². The molecule has 0 heterocycles. The number of phosphoric acid groups is 1. The molecule has 340 valence electrons. The van der Waals surface area contributed by atoms with Crippen molar-refractivity contribution in [2.75, 3.05) is 19.8 Å². The number of rotatable bonds is 45. The molecule has 0 aliphatic rings. The Morgan fingerprint density at radius 3 is 1.33 bits per heavy atom. The van der Waals surface area contributed by atoms with Crippen LogP contribution in [0.5, 0.6) is 0 Å². The summed E-state index contributed by atoms with van der Waals surface area (Å²) in [5.41, 5.74) is 5.38. The van der Waals surface area contributed by atoms with Crippen molar-refractivity contribution in [1.29, 1.82) is 0 Å². The first-order valence-electron chi connectivity index (χ1n) is 24.3. The number of carbonyl (C=O) groups excluding carboxylic acids is 1. The average molecular weight is 837 g/mol. The summed E-state index contributed by atoms with van der Waals surface area (Å²) < 4.78 is 22.2. The summed E-state index contributed by atoms with van der Waals surface area (Å²) in [6, 6.07) is -0.885. The maximum atomic E-state index is 12.8. The number of allylic oxidation sites excluding steroid dienone is 7. The Morgan fingerprint density at radius 2 is 0.914 bits per heavy atom. The van der Waals surface area contributed by atoms with Gasteiger partial charge in [0.15, 0.2) is 0 Å². The van der Waals surface area contributed by atoms with E-state index < -0.39 is 20.0 Å².